The molecule has 0 saturated carbocycles. The molecule has 0 unspecified atom stereocenters. The fourth-order valence-electron chi connectivity index (χ4n) is 2.79. The largest absolute Gasteiger partial charge is 0.457 e. The van der Waals surface area contributed by atoms with Crippen molar-refractivity contribution in [2.75, 3.05) is 7.05 Å². The van der Waals surface area contributed by atoms with Crippen molar-refractivity contribution in [3.63, 3.8) is 0 Å². The van der Waals surface area contributed by atoms with Gasteiger partial charge in [-0.15, -0.1) is 11.3 Å². The Balaban J connectivity index is 1.42. The molecule has 6 heteroatoms. The molecule has 4 rings (SSSR count). The summed E-state index contributed by atoms with van der Waals surface area (Å²) in [5, 5.41) is 0.897. The van der Waals surface area contributed by atoms with E-state index in [1.165, 1.54) is 12.1 Å². The van der Waals surface area contributed by atoms with Crippen molar-refractivity contribution in [1.82, 2.24) is 9.88 Å². The van der Waals surface area contributed by atoms with E-state index in [2.05, 4.69) is 4.98 Å². The topological polar surface area (TPSA) is 42.4 Å². The predicted molar refractivity (Wildman–Crippen MR) is 108 cm³/mol. The lowest BCUT2D eigenvalue weighted by Crippen LogP contribution is -2.26. The molecule has 0 fully saturated rings. The number of hydrogen-bond acceptors (Lipinski definition) is 4. The summed E-state index contributed by atoms with van der Waals surface area (Å²) >= 11 is 1.59. The summed E-state index contributed by atoms with van der Waals surface area (Å²) in [4.78, 5) is 18.9. The number of aromatic nitrogens is 1. The minimum atomic E-state index is -0.315. The second kappa shape index (κ2) is 7.78. The summed E-state index contributed by atoms with van der Waals surface area (Å²) in [7, 11) is 1.76. The van der Waals surface area contributed by atoms with E-state index in [1.807, 2.05) is 24.3 Å². The first-order valence-electron chi connectivity index (χ1n) is 8.72. The molecule has 0 aliphatic rings. The minimum Gasteiger partial charge on any atom is -0.457 e. The van der Waals surface area contributed by atoms with Crippen LogP contribution >= 0.6 is 11.3 Å². The van der Waals surface area contributed by atoms with Gasteiger partial charge >= 0.3 is 0 Å². The maximum atomic E-state index is 13.0. The molecule has 140 valence electrons. The van der Waals surface area contributed by atoms with Gasteiger partial charge in [0.1, 0.15) is 22.3 Å². The van der Waals surface area contributed by atoms with Gasteiger partial charge < -0.3 is 9.64 Å². The van der Waals surface area contributed by atoms with Gasteiger partial charge in [-0.2, -0.15) is 0 Å². The Labute approximate surface area is 165 Å². The predicted octanol–water partition coefficient (Wildman–Crippen LogP) is 5.50. The zero-order valence-electron chi connectivity index (χ0n) is 15.1. The third kappa shape index (κ3) is 4.02. The molecular formula is C22H17FN2O2S. The number of thiazole rings is 1. The average Bonchev–Trinajstić information content (AvgIpc) is 3.12. The Morgan fingerprint density at radius 2 is 1.64 bits per heavy atom. The van der Waals surface area contributed by atoms with Gasteiger partial charge in [0.05, 0.1) is 16.8 Å². The fourth-order valence-corrected chi connectivity index (χ4v) is 3.81. The Hall–Kier alpha value is -3.25. The number of carbonyl (C=O) groups excluding carboxylic acids is 1. The molecule has 0 aliphatic carbocycles. The van der Waals surface area contributed by atoms with Crippen LogP contribution in [-0.4, -0.2) is 22.8 Å². The number of halogens is 1. The molecule has 1 amide bonds. The van der Waals surface area contributed by atoms with Crippen LogP contribution in [0.5, 0.6) is 11.5 Å². The number of carbonyl (C=O) groups is 1. The maximum absolute atomic E-state index is 13.0. The highest BCUT2D eigenvalue weighted by atomic mass is 32.1. The van der Waals surface area contributed by atoms with Gasteiger partial charge in [0.2, 0.25) is 0 Å². The van der Waals surface area contributed by atoms with Gasteiger partial charge in [-0.3, -0.25) is 4.79 Å². The summed E-state index contributed by atoms with van der Waals surface area (Å²) in [6.07, 6.45) is 0. The lowest BCUT2D eigenvalue weighted by molar-refractivity contribution is 0.0785. The van der Waals surface area contributed by atoms with Crippen LogP contribution in [0, 0.1) is 5.82 Å². The maximum Gasteiger partial charge on any atom is 0.253 e. The fraction of sp³-hybridized carbons (Fsp3) is 0.0909. The monoisotopic (exact) mass is 392 g/mol. The molecule has 1 heterocycles. The first-order valence-corrected chi connectivity index (χ1v) is 9.53. The van der Waals surface area contributed by atoms with Gasteiger partial charge in [-0.25, -0.2) is 9.37 Å². The van der Waals surface area contributed by atoms with Crippen LogP contribution in [0.4, 0.5) is 4.39 Å². The van der Waals surface area contributed by atoms with Crippen LogP contribution < -0.4 is 4.74 Å². The number of rotatable bonds is 5. The normalized spacial score (nSPS) is 10.8. The van der Waals surface area contributed by atoms with E-state index in [9.17, 15) is 9.18 Å². The van der Waals surface area contributed by atoms with E-state index in [1.54, 1.807) is 59.7 Å². The number of amides is 1. The number of nitrogens with zero attached hydrogens (tertiary/aromatic N) is 2. The van der Waals surface area contributed by atoms with Crippen LogP contribution in [-0.2, 0) is 6.54 Å². The van der Waals surface area contributed by atoms with Gasteiger partial charge in [0, 0.05) is 12.6 Å². The standard InChI is InChI=1S/C22H17FN2O2S/c1-25(14-21-24-19-4-2-3-5-20(19)28-21)22(26)15-6-10-17(11-7-15)27-18-12-8-16(23)9-13-18/h2-13H,14H2,1H3. The number of benzene rings is 3. The first-order chi connectivity index (χ1) is 13.6. The van der Waals surface area contributed by atoms with Crippen molar-refractivity contribution in [3.8, 4) is 11.5 Å². The molecule has 4 nitrogen and oxygen atoms in total. The average molecular weight is 392 g/mol. The third-order valence-electron chi connectivity index (χ3n) is 4.21. The van der Waals surface area contributed by atoms with Crippen LogP contribution in [0.1, 0.15) is 15.4 Å². The summed E-state index contributed by atoms with van der Waals surface area (Å²) in [6.45, 7) is 0.450. The molecule has 4 aromatic rings. The number of hydrogen-bond donors (Lipinski definition) is 0. The van der Waals surface area contributed by atoms with Gasteiger partial charge in [-0.05, 0) is 60.7 Å². The molecule has 1 aromatic heterocycles. The van der Waals surface area contributed by atoms with E-state index < -0.39 is 0 Å². The molecule has 0 N–H and O–H groups in total. The molecule has 0 radical (unpaired) electrons. The molecule has 0 bridgehead atoms. The van der Waals surface area contributed by atoms with Crippen LogP contribution in [0.3, 0.4) is 0 Å². The molecule has 0 aliphatic heterocycles. The van der Waals surface area contributed by atoms with Gasteiger partial charge in [0.15, 0.2) is 0 Å². The van der Waals surface area contributed by atoms with Crippen molar-refractivity contribution < 1.29 is 13.9 Å². The van der Waals surface area contributed by atoms with Crippen LogP contribution in [0.25, 0.3) is 10.2 Å². The molecule has 0 atom stereocenters. The van der Waals surface area contributed by atoms with E-state index in [4.69, 9.17) is 4.74 Å². The van der Waals surface area contributed by atoms with Crippen molar-refractivity contribution in [2.24, 2.45) is 0 Å². The number of para-hydroxylation sites is 1. The molecule has 0 spiro atoms. The second-order valence-corrected chi connectivity index (χ2v) is 7.43. The summed E-state index contributed by atoms with van der Waals surface area (Å²) in [5.74, 6) is 0.711. The quantitative estimate of drug-likeness (QED) is 0.450. The smallest absolute Gasteiger partial charge is 0.253 e. The van der Waals surface area contributed by atoms with E-state index in [0.29, 0.717) is 23.6 Å². The molecule has 28 heavy (non-hydrogen) atoms. The van der Waals surface area contributed by atoms with Gasteiger partial charge in [-0.1, -0.05) is 12.1 Å². The summed E-state index contributed by atoms with van der Waals surface area (Å²) < 4.78 is 19.7. The Kier molecular flexibility index (Phi) is 5.04. The summed E-state index contributed by atoms with van der Waals surface area (Å²) in [6, 6.07) is 20.6. The van der Waals surface area contributed by atoms with Crippen molar-refractivity contribution in [1.29, 1.82) is 0 Å². The zero-order chi connectivity index (χ0) is 19.5. The Morgan fingerprint density at radius 3 is 2.32 bits per heavy atom. The minimum absolute atomic E-state index is 0.0902. The Bertz CT molecular complexity index is 1070. The lowest BCUT2D eigenvalue weighted by atomic mass is 10.2. The van der Waals surface area contributed by atoms with Crippen LogP contribution in [0.15, 0.2) is 72.8 Å². The van der Waals surface area contributed by atoms with Gasteiger partial charge in [0.25, 0.3) is 5.91 Å². The molecular weight excluding hydrogens is 375 g/mol. The highest BCUT2D eigenvalue weighted by Gasteiger charge is 2.14. The first kappa shape index (κ1) is 18.1. The highest BCUT2D eigenvalue weighted by Crippen LogP contribution is 2.24. The highest BCUT2D eigenvalue weighted by molar-refractivity contribution is 7.18. The van der Waals surface area contributed by atoms with E-state index >= 15 is 0 Å². The van der Waals surface area contributed by atoms with Crippen molar-refractivity contribution in [2.45, 2.75) is 6.54 Å². The number of ether oxygens (including phenoxy) is 1. The van der Waals surface area contributed by atoms with E-state index in [-0.39, 0.29) is 11.7 Å². The summed E-state index contributed by atoms with van der Waals surface area (Å²) in [5.41, 5.74) is 1.51. The molecule has 3 aromatic carbocycles. The third-order valence-corrected chi connectivity index (χ3v) is 5.23. The lowest BCUT2D eigenvalue weighted by Gasteiger charge is -2.16. The van der Waals surface area contributed by atoms with Crippen molar-refractivity contribution in [3.05, 3.63) is 89.2 Å². The number of fused-ring (bicyclic) bond motifs is 1. The van der Waals surface area contributed by atoms with Crippen LogP contribution in [0.2, 0.25) is 0 Å². The SMILES string of the molecule is CN(Cc1nc2ccccc2s1)C(=O)c1ccc(Oc2ccc(F)cc2)cc1. The second-order valence-electron chi connectivity index (χ2n) is 6.32. The molecule has 0 saturated heterocycles. The van der Waals surface area contributed by atoms with Crippen molar-refractivity contribution >= 4 is 27.5 Å². The zero-order valence-corrected chi connectivity index (χ0v) is 15.9. The Morgan fingerprint density at radius 1 is 1.00 bits per heavy atom. The van der Waals surface area contributed by atoms with E-state index in [0.717, 1.165) is 15.2 Å².